The van der Waals surface area contributed by atoms with Crippen LogP contribution in [0.4, 0.5) is 0 Å². The lowest BCUT2D eigenvalue weighted by Gasteiger charge is -2.33. The molecule has 0 atom stereocenters. The molecule has 1 N–H and O–H groups in total. The summed E-state index contributed by atoms with van der Waals surface area (Å²) in [5.74, 6) is 0.560. The first kappa shape index (κ1) is 18.0. The fourth-order valence-electron chi connectivity index (χ4n) is 3.98. The van der Waals surface area contributed by atoms with Gasteiger partial charge in [-0.15, -0.1) is 0 Å². The van der Waals surface area contributed by atoms with Crippen LogP contribution in [0, 0.1) is 5.92 Å². The summed E-state index contributed by atoms with van der Waals surface area (Å²) in [6, 6.07) is 8.14. The third kappa shape index (κ3) is 4.62. The number of carbonyl (C=O) groups excluding carboxylic acids is 2. The molecule has 1 saturated heterocycles. The van der Waals surface area contributed by atoms with E-state index in [1.807, 2.05) is 29.2 Å². The molecule has 0 bridgehead atoms. The van der Waals surface area contributed by atoms with E-state index >= 15 is 0 Å². The van der Waals surface area contributed by atoms with E-state index in [1.165, 1.54) is 24.8 Å². The second kappa shape index (κ2) is 8.50. The van der Waals surface area contributed by atoms with Gasteiger partial charge < -0.3 is 10.2 Å². The van der Waals surface area contributed by atoms with E-state index in [-0.39, 0.29) is 23.8 Å². The molecule has 2 aliphatic rings. The van der Waals surface area contributed by atoms with Crippen molar-refractivity contribution in [1.82, 2.24) is 10.2 Å². The standard InChI is InChI=1S/C21H30N2O2/c1-2-16-8-10-18(11-9-16)21(25)23-14-12-19(13-15-23)22-20(24)17-6-4-3-5-7-17/h8-11,17,19H,2-7,12-15H2,1H3,(H,22,24). The van der Waals surface area contributed by atoms with Gasteiger partial charge in [-0.2, -0.15) is 0 Å². The van der Waals surface area contributed by atoms with E-state index in [4.69, 9.17) is 0 Å². The maximum Gasteiger partial charge on any atom is 0.253 e. The molecule has 1 heterocycles. The summed E-state index contributed by atoms with van der Waals surface area (Å²) in [6.45, 7) is 3.57. The van der Waals surface area contributed by atoms with Crippen molar-refractivity contribution in [3.63, 3.8) is 0 Å². The first-order chi connectivity index (χ1) is 12.2. The Morgan fingerprint density at radius 2 is 1.64 bits per heavy atom. The number of carbonyl (C=O) groups is 2. The van der Waals surface area contributed by atoms with Crippen LogP contribution >= 0.6 is 0 Å². The van der Waals surface area contributed by atoms with Gasteiger partial charge in [-0.1, -0.05) is 38.3 Å². The van der Waals surface area contributed by atoms with E-state index in [0.717, 1.165) is 50.8 Å². The minimum Gasteiger partial charge on any atom is -0.353 e. The fraction of sp³-hybridized carbons (Fsp3) is 0.619. The predicted octanol–water partition coefficient (Wildman–Crippen LogP) is 3.55. The lowest BCUT2D eigenvalue weighted by atomic mass is 9.88. The smallest absolute Gasteiger partial charge is 0.253 e. The Balaban J connectivity index is 1.47. The molecule has 0 aromatic heterocycles. The van der Waals surface area contributed by atoms with E-state index in [2.05, 4.69) is 12.2 Å². The van der Waals surface area contributed by atoms with E-state index < -0.39 is 0 Å². The van der Waals surface area contributed by atoms with Gasteiger partial charge in [0.25, 0.3) is 5.91 Å². The minimum atomic E-state index is 0.111. The van der Waals surface area contributed by atoms with Crippen molar-refractivity contribution < 1.29 is 9.59 Å². The fourth-order valence-corrected chi connectivity index (χ4v) is 3.98. The number of piperidine rings is 1. The highest BCUT2D eigenvalue weighted by atomic mass is 16.2. The quantitative estimate of drug-likeness (QED) is 0.910. The topological polar surface area (TPSA) is 49.4 Å². The number of benzene rings is 1. The van der Waals surface area contributed by atoms with Gasteiger partial charge in [-0.25, -0.2) is 0 Å². The third-order valence-corrected chi connectivity index (χ3v) is 5.71. The number of hydrogen-bond donors (Lipinski definition) is 1. The maximum atomic E-state index is 12.6. The average molecular weight is 342 g/mol. The van der Waals surface area contributed by atoms with Gasteiger partial charge in [0, 0.05) is 30.6 Å². The molecule has 1 saturated carbocycles. The van der Waals surface area contributed by atoms with E-state index in [9.17, 15) is 9.59 Å². The molecule has 1 aromatic carbocycles. The Morgan fingerprint density at radius 1 is 1.00 bits per heavy atom. The van der Waals surface area contributed by atoms with Crippen molar-refractivity contribution in [1.29, 1.82) is 0 Å². The van der Waals surface area contributed by atoms with Gasteiger partial charge in [0.15, 0.2) is 0 Å². The van der Waals surface area contributed by atoms with Crippen LogP contribution in [0.2, 0.25) is 0 Å². The molecular formula is C21H30N2O2. The predicted molar refractivity (Wildman–Crippen MR) is 99.5 cm³/mol. The molecule has 3 rings (SSSR count). The highest BCUT2D eigenvalue weighted by Gasteiger charge is 2.27. The minimum absolute atomic E-state index is 0.111. The molecule has 0 spiro atoms. The molecule has 1 aliphatic heterocycles. The van der Waals surface area contributed by atoms with E-state index in [0.29, 0.717) is 0 Å². The number of hydrogen-bond acceptors (Lipinski definition) is 2. The van der Waals surface area contributed by atoms with Gasteiger partial charge in [-0.05, 0) is 49.8 Å². The summed E-state index contributed by atoms with van der Waals surface area (Å²) in [4.78, 5) is 26.9. The molecule has 4 heteroatoms. The molecule has 2 fully saturated rings. The van der Waals surface area contributed by atoms with Crippen LogP contribution in [0.3, 0.4) is 0 Å². The molecular weight excluding hydrogens is 312 g/mol. The Morgan fingerprint density at radius 3 is 2.24 bits per heavy atom. The molecule has 4 nitrogen and oxygen atoms in total. The van der Waals surface area contributed by atoms with Crippen LogP contribution in [0.5, 0.6) is 0 Å². The summed E-state index contributed by atoms with van der Waals surface area (Å²) in [5, 5.41) is 3.23. The molecule has 0 unspecified atom stereocenters. The van der Waals surface area contributed by atoms with Crippen molar-refractivity contribution in [2.75, 3.05) is 13.1 Å². The zero-order chi connectivity index (χ0) is 17.6. The highest BCUT2D eigenvalue weighted by Crippen LogP contribution is 2.24. The van der Waals surface area contributed by atoms with Crippen molar-refractivity contribution in [2.24, 2.45) is 5.92 Å². The number of aryl methyl sites for hydroxylation is 1. The van der Waals surface area contributed by atoms with Crippen molar-refractivity contribution in [3.8, 4) is 0 Å². The SMILES string of the molecule is CCc1ccc(C(=O)N2CCC(NC(=O)C3CCCCC3)CC2)cc1. The summed E-state index contributed by atoms with van der Waals surface area (Å²) in [6.07, 6.45) is 8.41. The summed E-state index contributed by atoms with van der Waals surface area (Å²) in [7, 11) is 0. The third-order valence-electron chi connectivity index (χ3n) is 5.71. The van der Waals surface area contributed by atoms with Gasteiger partial charge in [0.2, 0.25) is 5.91 Å². The van der Waals surface area contributed by atoms with Gasteiger partial charge in [-0.3, -0.25) is 9.59 Å². The number of nitrogens with one attached hydrogen (secondary N) is 1. The molecule has 25 heavy (non-hydrogen) atoms. The summed E-state index contributed by atoms with van der Waals surface area (Å²) in [5.41, 5.74) is 2.02. The maximum absolute atomic E-state index is 12.6. The zero-order valence-corrected chi connectivity index (χ0v) is 15.3. The molecule has 136 valence electrons. The molecule has 2 amide bonds. The van der Waals surface area contributed by atoms with Crippen LogP contribution in [-0.4, -0.2) is 35.8 Å². The largest absolute Gasteiger partial charge is 0.353 e. The van der Waals surface area contributed by atoms with Crippen LogP contribution < -0.4 is 5.32 Å². The Bertz CT molecular complexity index is 582. The molecule has 1 aromatic rings. The number of rotatable bonds is 4. The van der Waals surface area contributed by atoms with Crippen LogP contribution in [-0.2, 0) is 11.2 Å². The van der Waals surface area contributed by atoms with Gasteiger partial charge >= 0.3 is 0 Å². The number of amides is 2. The normalized spacial score (nSPS) is 19.6. The molecule has 0 radical (unpaired) electrons. The number of likely N-dealkylation sites (tertiary alicyclic amines) is 1. The average Bonchev–Trinajstić information content (AvgIpc) is 2.69. The first-order valence-corrected chi connectivity index (χ1v) is 9.86. The zero-order valence-electron chi connectivity index (χ0n) is 15.3. The van der Waals surface area contributed by atoms with Crippen molar-refractivity contribution >= 4 is 11.8 Å². The Labute approximate surface area is 151 Å². The van der Waals surface area contributed by atoms with Crippen LogP contribution in [0.25, 0.3) is 0 Å². The van der Waals surface area contributed by atoms with Crippen molar-refractivity contribution in [3.05, 3.63) is 35.4 Å². The van der Waals surface area contributed by atoms with E-state index in [1.54, 1.807) is 0 Å². The second-order valence-corrected chi connectivity index (χ2v) is 7.46. The summed E-state index contributed by atoms with van der Waals surface area (Å²) >= 11 is 0. The first-order valence-electron chi connectivity index (χ1n) is 9.86. The molecule has 1 aliphatic carbocycles. The Hall–Kier alpha value is -1.84. The monoisotopic (exact) mass is 342 g/mol. The highest BCUT2D eigenvalue weighted by molar-refractivity contribution is 5.94. The van der Waals surface area contributed by atoms with Crippen LogP contribution in [0.1, 0.15) is 67.8 Å². The van der Waals surface area contributed by atoms with Gasteiger partial charge in [0.05, 0.1) is 0 Å². The van der Waals surface area contributed by atoms with Gasteiger partial charge in [0.1, 0.15) is 0 Å². The Kier molecular flexibility index (Phi) is 6.11. The summed E-state index contributed by atoms with van der Waals surface area (Å²) < 4.78 is 0. The second-order valence-electron chi connectivity index (χ2n) is 7.46. The lowest BCUT2D eigenvalue weighted by Crippen LogP contribution is -2.48. The number of nitrogens with zero attached hydrogens (tertiary/aromatic N) is 1. The lowest BCUT2D eigenvalue weighted by molar-refractivity contribution is -0.126. The van der Waals surface area contributed by atoms with Crippen LogP contribution in [0.15, 0.2) is 24.3 Å². The van der Waals surface area contributed by atoms with Crippen molar-refractivity contribution in [2.45, 2.75) is 64.3 Å².